The van der Waals surface area contributed by atoms with Gasteiger partial charge in [-0.15, -0.1) is 0 Å². The smallest absolute Gasteiger partial charge is 0.330 e. The Balaban J connectivity index is 1.81. The molecule has 3 rings (SSSR count). The van der Waals surface area contributed by atoms with Crippen molar-refractivity contribution in [1.82, 2.24) is 14.6 Å². The van der Waals surface area contributed by atoms with E-state index in [-0.39, 0.29) is 5.75 Å². The van der Waals surface area contributed by atoms with E-state index in [1.807, 2.05) is 4.98 Å². The molecule has 15 heteroatoms. The third-order valence-electron chi connectivity index (χ3n) is 4.91. The first-order valence-corrected chi connectivity index (χ1v) is 13.5. The SMILES string of the molecule is CC(C)OC(=O)C(C)NP(=S)(OCC1(F)OC(n2ccc(=O)[nH]c2=O)C(F)C1O)Oc1ccccc1. The van der Waals surface area contributed by atoms with E-state index in [0.717, 1.165) is 12.3 Å². The maximum atomic E-state index is 15.6. The number of esters is 1. The molecule has 2 aromatic rings. The number of aliphatic hydroxyl groups is 1. The second kappa shape index (κ2) is 11.3. The van der Waals surface area contributed by atoms with Crippen LogP contribution in [0.3, 0.4) is 0 Å². The molecule has 0 aliphatic carbocycles. The minimum Gasteiger partial charge on any atom is -0.462 e. The summed E-state index contributed by atoms with van der Waals surface area (Å²) in [6, 6.07) is 7.98. The lowest BCUT2D eigenvalue weighted by Crippen LogP contribution is -2.43. The minimum atomic E-state index is -3.73. The Hall–Kier alpha value is -2.48. The number of hydrogen-bond donors (Lipinski definition) is 3. The van der Waals surface area contributed by atoms with Gasteiger partial charge in [-0.1, -0.05) is 18.2 Å². The monoisotopic (exact) mass is 549 g/mol. The molecule has 198 valence electrons. The van der Waals surface area contributed by atoms with Crippen LogP contribution in [-0.4, -0.2) is 57.5 Å². The number of nitrogens with zero attached hydrogens (tertiary/aromatic N) is 1. The lowest BCUT2D eigenvalue weighted by Gasteiger charge is -2.30. The second-order valence-corrected chi connectivity index (χ2v) is 11.3. The van der Waals surface area contributed by atoms with Gasteiger partial charge < -0.3 is 23.6 Å². The Kier molecular flexibility index (Phi) is 8.80. The molecule has 0 radical (unpaired) electrons. The molecule has 11 nitrogen and oxygen atoms in total. The zero-order chi connectivity index (χ0) is 26.7. The summed E-state index contributed by atoms with van der Waals surface area (Å²) >= 11 is 5.46. The highest BCUT2D eigenvalue weighted by Crippen LogP contribution is 2.48. The third-order valence-corrected chi connectivity index (χ3v) is 7.39. The summed E-state index contributed by atoms with van der Waals surface area (Å²) in [6.45, 7) is -0.106. The van der Waals surface area contributed by atoms with E-state index < -0.39 is 67.0 Å². The summed E-state index contributed by atoms with van der Waals surface area (Å²) in [6.07, 6.45) is -6.20. The van der Waals surface area contributed by atoms with Crippen LogP contribution in [0.1, 0.15) is 27.0 Å². The van der Waals surface area contributed by atoms with Gasteiger partial charge in [-0.3, -0.25) is 19.1 Å². The van der Waals surface area contributed by atoms with Gasteiger partial charge in [-0.05, 0) is 44.7 Å². The molecule has 3 N–H and O–H groups in total. The van der Waals surface area contributed by atoms with Crippen LogP contribution in [0, 0.1) is 0 Å². The highest BCUT2D eigenvalue weighted by atomic mass is 32.5. The lowest BCUT2D eigenvalue weighted by atomic mass is 10.1. The molecule has 6 unspecified atom stereocenters. The van der Waals surface area contributed by atoms with Gasteiger partial charge in [0, 0.05) is 12.3 Å². The Morgan fingerprint density at radius 1 is 1.31 bits per heavy atom. The van der Waals surface area contributed by atoms with Gasteiger partial charge in [0.1, 0.15) is 18.4 Å². The fourth-order valence-electron chi connectivity index (χ4n) is 3.19. The molecule has 1 aromatic carbocycles. The number of aromatic amines is 1. The lowest BCUT2D eigenvalue weighted by molar-refractivity contribution is -0.203. The maximum Gasteiger partial charge on any atom is 0.330 e. The number of halogens is 2. The van der Waals surface area contributed by atoms with Crippen LogP contribution in [0.5, 0.6) is 5.75 Å². The third kappa shape index (κ3) is 6.64. The average molecular weight is 549 g/mol. The summed E-state index contributed by atoms with van der Waals surface area (Å²) in [5.74, 6) is -3.60. The van der Waals surface area contributed by atoms with Gasteiger partial charge in [0.25, 0.3) is 11.4 Å². The zero-order valence-corrected chi connectivity index (χ0v) is 21.2. The molecular weight excluding hydrogens is 523 g/mol. The van der Waals surface area contributed by atoms with Gasteiger partial charge in [0.2, 0.25) is 0 Å². The molecule has 1 saturated heterocycles. The summed E-state index contributed by atoms with van der Waals surface area (Å²) in [7, 11) is 0. The van der Waals surface area contributed by atoms with E-state index in [4.69, 9.17) is 30.3 Å². The molecule has 1 fully saturated rings. The Morgan fingerprint density at radius 2 is 1.97 bits per heavy atom. The number of benzene rings is 1. The van der Waals surface area contributed by atoms with E-state index in [1.54, 1.807) is 44.2 Å². The predicted molar refractivity (Wildman–Crippen MR) is 127 cm³/mol. The minimum absolute atomic E-state index is 0.236. The fourth-order valence-corrected chi connectivity index (χ4v) is 5.59. The van der Waals surface area contributed by atoms with E-state index in [2.05, 4.69) is 5.09 Å². The Bertz CT molecular complexity index is 1230. The molecule has 36 heavy (non-hydrogen) atoms. The first-order valence-electron chi connectivity index (χ1n) is 10.8. The molecular formula is C21H26F2N3O8PS. The summed E-state index contributed by atoms with van der Waals surface area (Å²) in [4.78, 5) is 37.5. The number of H-pyrrole nitrogens is 1. The molecule has 6 atom stereocenters. The van der Waals surface area contributed by atoms with E-state index in [1.165, 1.54) is 6.92 Å². The van der Waals surface area contributed by atoms with Gasteiger partial charge in [0.15, 0.2) is 18.5 Å². The van der Waals surface area contributed by atoms with Gasteiger partial charge in [-0.2, -0.15) is 0 Å². The molecule has 0 amide bonds. The number of rotatable bonds is 10. The fraction of sp³-hybridized carbons (Fsp3) is 0.476. The molecule has 0 spiro atoms. The number of para-hydroxylation sites is 1. The standard InChI is InChI=1S/C21H26F2N3O8PS/c1-12(2)32-19(29)13(3)25-35(36,34-14-7-5-4-6-8-14)31-11-21(23)17(28)16(22)18(33-21)26-10-9-15(27)24-20(26)30/h4-10,12-13,16-18,28H,11H2,1-3H3,(H,25,36)(H,24,27,30). The molecule has 1 aliphatic heterocycles. The molecule has 1 aliphatic rings. The van der Waals surface area contributed by atoms with Gasteiger partial charge in [0.05, 0.1) is 6.10 Å². The van der Waals surface area contributed by atoms with E-state index >= 15 is 4.39 Å². The maximum absolute atomic E-state index is 15.6. The number of nitrogens with one attached hydrogen (secondary N) is 2. The number of aromatic nitrogens is 2. The summed E-state index contributed by atoms with van der Waals surface area (Å²) in [5, 5.41) is 12.9. The normalized spacial score (nSPS) is 26.4. The van der Waals surface area contributed by atoms with E-state index in [0.29, 0.717) is 4.57 Å². The molecule has 1 aromatic heterocycles. The number of carbonyl (C=O) groups excluding carboxylic acids is 1. The number of alkyl halides is 2. The summed E-state index contributed by atoms with van der Waals surface area (Å²) < 4.78 is 52.4. The van der Waals surface area contributed by atoms with Crippen molar-refractivity contribution >= 4 is 24.4 Å². The largest absolute Gasteiger partial charge is 0.462 e. The molecule has 2 heterocycles. The van der Waals surface area contributed by atoms with Gasteiger partial charge in [-0.25, -0.2) is 18.7 Å². The zero-order valence-electron chi connectivity index (χ0n) is 19.5. The van der Waals surface area contributed by atoms with Crippen molar-refractivity contribution in [2.24, 2.45) is 0 Å². The first kappa shape index (κ1) is 28.1. The number of carbonyl (C=O) groups is 1. The molecule has 0 bridgehead atoms. The first-order chi connectivity index (χ1) is 16.8. The highest BCUT2D eigenvalue weighted by Gasteiger charge is 2.58. The van der Waals surface area contributed by atoms with Crippen molar-refractivity contribution in [1.29, 1.82) is 0 Å². The van der Waals surface area contributed by atoms with Gasteiger partial charge >= 0.3 is 18.3 Å². The van der Waals surface area contributed by atoms with Crippen LogP contribution in [0.15, 0.2) is 52.2 Å². The second-order valence-electron chi connectivity index (χ2n) is 8.21. The average Bonchev–Trinajstić information content (AvgIpc) is 3.02. The number of hydrogen-bond acceptors (Lipinski definition) is 9. The predicted octanol–water partition coefficient (Wildman–Crippen LogP) is 1.68. The number of aliphatic hydroxyl groups excluding tert-OH is 1. The highest BCUT2D eigenvalue weighted by molar-refractivity contribution is 8.09. The summed E-state index contributed by atoms with van der Waals surface area (Å²) in [5.41, 5.74) is -1.82. The molecule has 0 saturated carbocycles. The van der Waals surface area contributed by atoms with Crippen molar-refractivity contribution in [2.45, 2.75) is 57.3 Å². The number of ether oxygens (including phenoxy) is 2. The van der Waals surface area contributed by atoms with Crippen molar-refractivity contribution < 1.29 is 37.2 Å². The van der Waals surface area contributed by atoms with Crippen LogP contribution < -0.4 is 20.9 Å². The van der Waals surface area contributed by atoms with Crippen molar-refractivity contribution in [2.75, 3.05) is 6.61 Å². The topological polar surface area (TPSA) is 141 Å². The van der Waals surface area contributed by atoms with Crippen molar-refractivity contribution in [3.8, 4) is 5.75 Å². The van der Waals surface area contributed by atoms with E-state index in [9.17, 15) is 23.9 Å². The van der Waals surface area contributed by atoms with Crippen LogP contribution in [0.25, 0.3) is 0 Å². The Labute approximate surface area is 209 Å². The van der Waals surface area contributed by atoms with Crippen LogP contribution in [0.2, 0.25) is 0 Å². The van der Waals surface area contributed by atoms with Crippen LogP contribution in [-0.2, 0) is 30.6 Å². The van der Waals surface area contributed by atoms with Crippen molar-refractivity contribution in [3.63, 3.8) is 0 Å². The Morgan fingerprint density at radius 3 is 2.58 bits per heavy atom. The quantitative estimate of drug-likeness (QED) is 0.296. The van der Waals surface area contributed by atoms with Crippen LogP contribution >= 0.6 is 6.64 Å². The van der Waals surface area contributed by atoms with Crippen LogP contribution in [0.4, 0.5) is 8.78 Å². The van der Waals surface area contributed by atoms with Crippen molar-refractivity contribution in [3.05, 3.63) is 63.4 Å².